The molecule has 1 aliphatic heterocycles. The summed E-state index contributed by atoms with van der Waals surface area (Å²) in [7, 11) is 1.73. The molecule has 1 N–H and O–H groups in total. The van der Waals surface area contributed by atoms with Crippen molar-refractivity contribution in [2.45, 2.75) is 32.3 Å². The maximum absolute atomic E-state index is 12.5. The first-order chi connectivity index (χ1) is 10.5. The number of aliphatic hydroxyl groups excluding tert-OH is 1. The van der Waals surface area contributed by atoms with E-state index in [1.807, 2.05) is 12.1 Å². The number of hydrogen-bond donors (Lipinski definition) is 1. The second kappa shape index (κ2) is 5.72. The van der Waals surface area contributed by atoms with Crippen LogP contribution in [-0.2, 0) is 11.2 Å². The van der Waals surface area contributed by atoms with Crippen molar-refractivity contribution in [2.24, 2.45) is 5.92 Å². The summed E-state index contributed by atoms with van der Waals surface area (Å²) in [5, 5.41) is 9.97. The molecule has 1 atom stereocenters. The van der Waals surface area contributed by atoms with Crippen LogP contribution in [0.5, 0.6) is 0 Å². The Morgan fingerprint density at radius 3 is 2.77 bits per heavy atom. The number of benzene rings is 1. The lowest BCUT2D eigenvalue weighted by molar-refractivity contribution is -0.116. The summed E-state index contributed by atoms with van der Waals surface area (Å²) < 4.78 is 0. The van der Waals surface area contributed by atoms with Crippen molar-refractivity contribution in [3.8, 4) is 0 Å². The van der Waals surface area contributed by atoms with Crippen LogP contribution in [0.25, 0.3) is 0 Å². The van der Waals surface area contributed by atoms with Gasteiger partial charge in [0, 0.05) is 38.3 Å². The summed E-state index contributed by atoms with van der Waals surface area (Å²) in [6, 6.07) is 5.49. The summed E-state index contributed by atoms with van der Waals surface area (Å²) in [4.78, 5) is 27.3. The topological polar surface area (TPSA) is 60.9 Å². The Morgan fingerprint density at radius 1 is 1.41 bits per heavy atom. The van der Waals surface area contributed by atoms with Gasteiger partial charge >= 0.3 is 0 Å². The number of anilines is 1. The van der Waals surface area contributed by atoms with E-state index in [0.717, 1.165) is 30.5 Å². The van der Waals surface area contributed by atoms with Crippen LogP contribution >= 0.6 is 0 Å². The third kappa shape index (κ3) is 2.86. The maximum Gasteiger partial charge on any atom is 0.253 e. The van der Waals surface area contributed by atoms with E-state index >= 15 is 0 Å². The van der Waals surface area contributed by atoms with E-state index in [1.54, 1.807) is 29.8 Å². The Kier molecular flexibility index (Phi) is 3.91. The zero-order valence-corrected chi connectivity index (χ0v) is 13.1. The average molecular weight is 302 g/mol. The second-order valence-electron chi connectivity index (χ2n) is 6.35. The van der Waals surface area contributed by atoms with Crippen LogP contribution in [0.3, 0.4) is 0 Å². The van der Waals surface area contributed by atoms with Crippen LogP contribution < -0.4 is 4.90 Å². The molecule has 1 aromatic carbocycles. The quantitative estimate of drug-likeness (QED) is 0.915. The molecule has 0 saturated heterocycles. The fraction of sp³-hybridized carbons (Fsp3) is 0.529. The molecule has 1 aliphatic carbocycles. The molecule has 3 rings (SSSR count). The minimum atomic E-state index is -0.420. The van der Waals surface area contributed by atoms with Gasteiger partial charge in [0.25, 0.3) is 5.91 Å². The maximum atomic E-state index is 12.5. The molecule has 2 amide bonds. The molecule has 5 nitrogen and oxygen atoms in total. The average Bonchev–Trinajstić information content (AvgIpc) is 3.25. The smallest absolute Gasteiger partial charge is 0.253 e. The predicted octanol–water partition coefficient (Wildman–Crippen LogP) is 1.44. The largest absolute Gasteiger partial charge is 0.391 e. The van der Waals surface area contributed by atoms with E-state index in [2.05, 4.69) is 0 Å². The van der Waals surface area contributed by atoms with Gasteiger partial charge in [0.1, 0.15) is 0 Å². The number of amides is 2. The van der Waals surface area contributed by atoms with E-state index in [0.29, 0.717) is 24.6 Å². The highest BCUT2D eigenvalue weighted by Crippen LogP contribution is 2.33. The van der Waals surface area contributed by atoms with E-state index in [9.17, 15) is 14.7 Å². The highest BCUT2D eigenvalue weighted by Gasteiger charge is 2.31. The molecule has 2 aliphatic rings. The zero-order valence-electron chi connectivity index (χ0n) is 13.1. The number of rotatable bonds is 4. The van der Waals surface area contributed by atoms with Crippen molar-refractivity contribution in [1.82, 2.24) is 4.90 Å². The Labute approximate surface area is 130 Å². The van der Waals surface area contributed by atoms with Crippen molar-refractivity contribution in [2.75, 3.05) is 25.0 Å². The number of aliphatic hydroxyl groups is 1. The van der Waals surface area contributed by atoms with Crippen LogP contribution in [0.1, 0.15) is 35.7 Å². The van der Waals surface area contributed by atoms with Crippen LogP contribution in [0, 0.1) is 5.92 Å². The first kappa shape index (κ1) is 15.0. The van der Waals surface area contributed by atoms with Gasteiger partial charge < -0.3 is 14.9 Å². The fourth-order valence-corrected chi connectivity index (χ4v) is 3.08. The van der Waals surface area contributed by atoms with Crippen LogP contribution in [0.4, 0.5) is 5.69 Å². The fourth-order valence-electron chi connectivity index (χ4n) is 3.08. The third-order valence-corrected chi connectivity index (χ3v) is 4.58. The van der Waals surface area contributed by atoms with Crippen molar-refractivity contribution in [3.05, 3.63) is 29.3 Å². The summed E-state index contributed by atoms with van der Waals surface area (Å²) in [5.74, 6) is 0.311. The second-order valence-corrected chi connectivity index (χ2v) is 6.35. The molecule has 1 fully saturated rings. The van der Waals surface area contributed by atoms with E-state index in [-0.39, 0.29) is 11.8 Å². The minimum absolute atomic E-state index is 0.0301. The highest BCUT2D eigenvalue weighted by molar-refractivity contribution is 5.97. The molecule has 0 radical (unpaired) electrons. The Bertz CT molecular complexity index is 610. The molecule has 1 saturated carbocycles. The number of nitrogens with zero attached hydrogens (tertiary/aromatic N) is 2. The monoisotopic (exact) mass is 302 g/mol. The Balaban J connectivity index is 1.72. The van der Waals surface area contributed by atoms with Gasteiger partial charge in [-0.2, -0.15) is 0 Å². The molecule has 1 aromatic rings. The SMILES string of the molecule is CC(=O)N1CCc2cc(C(=O)N(C)CC(O)C3CC3)ccc21. The summed E-state index contributed by atoms with van der Waals surface area (Å²) in [6.45, 7) is 2.61. The van der Waals surface area contributed by atoms with Crippen molar-refractivity contribution in [1.29, 1.82) is 0 Å². The van der Waals surface area contributed by atoms with Gasteiger partial charge in [0.2, 0.25) is 5.91 Å². The standard InChI is InChI=1S/C17H22N2O3/c1-11(20)19-8-7-13-9-14(5-6-15(13)19)17(22)18(2)10-16(21)12-3-4-12/h5-6,9,12,16,21H,3-4,7-8,10H2,1-2H3. The van der Waals surface area contributed by atoms with Crippen molar-refractivity contribution < 1.29 is 14.7 Å². The van der Waals surface area contributed by atoms with Gasteiger partial charge in [-0.25, -0.2) is 0 Å². The van der Waals surface area contributed by atoms with Crippen molar-refractivity contribution >= 4 is 17.5 Å². The molecular formula is C17H22N2O3. The van der Waals surface area contributed by atoms with Gasteiger partial charge in [0.15, 0.2) is 0 Å². The molecule has 5 heteroatoms. The molecule has 1 heterocycles. The molecule has 0 aromatic heterocycles. The molecule has 0 bridgehead atoms. The number of carbonyl (C=O) groups is 2. The van der Waals surface area contributed by atoms with Crippen molar-refractivity contribution in [3.63, 3.8) is 0 Å². The minimum Gasteiger partial charge on any atom is -0.391 e. The molecule has 1 unspecified atom stereocenters. The van der Waals surface area contributed by atoms with Gasteiger partial charge in [-0.1, -0.05) is 0 Å². The number of carbonyl (C=O) groups excluding carboxylic acids is 2. The lowest BCUT2D eigenvalue weighted by atomic mass is 10.1. The lowest BCUT2D eigenvalue weighted by Crippen LogP contribution is -2.35. The summed E-state index contributed by atoms with van der Waals surface area (Å²) in [6.07, 6.45) is 2.48. The first-order valence-corrected chi connectivity index (χ1v) is 7.82. The zero-order chi connectivity index (χ0) is 15.9. The number of hydrogen-bond acceptors (Lipinski definition) is 3. The molecule has 118 valence electrons. The Hall–Kier alpha value is -1.88. The van der Waals surface area contributed by atoms with Gasteiger partial charge in [-0.3, -0.25) is 9.59 Å². The van der Waals surface area contributed by atoms with E-state index in [4.69, 9.17) is 0 Å². The van der Waals surface area contributed by atoms with Crippen LogP contribution in [0.2, 0.25) is 0 Å². The molecule has 22 heavy (non-hydrogen) atoms. The van der Waals surface area contributed by atoms with Gasteiger partial charge in [-0.05, 0) is 48.9 Å². The van der Waals surface area contributed by atoms with E-state index in [1.165, 1.54) is 0 Å². The van der Waals surface area contributed by atoms with Gasteiger partial charge in [0.05, 0.1) is 6.10 Å². The molecule has 0 spiro atoms. The number of likely N-dealkylation sites (N-methyl/N-ethyl adjacent to an activating group) is 1. The third-order valence-electron chi connectivity index (χ3n) is 4.58. The Morgan fingerprint density at radius 2 is 2.14 bits per heavy atom. The molecular weight excluding hydrogens is 280 g/mol. The lowest BCUT2D eigenvalue weighted by Gasteiger charge is -2.21. The predicted molar refractivity (Wildman–Crippen MR) is 83.9 cm³/mol. The van der Waals surface area contributed by atoms with Gasteiger partial charge in [-0.15, -0.1) is 0 Å². The normalized spacial score (nSPS) is 18.0. The summed E-state index contributed by atoms with van der Waals surface area (Å²) >= 11 is 0. The number of fused-ring (bicyclic) bond motifs is 1. The summed E-state index contributed by atoms with van der Waals surface area (Å²) in [5.41, 5.74) is 2.57. The van der Waals surface area contributed by atoms with Crippen LogP contribution in [-0.4, -0.2) is 48.1 Å². The van der Waals surface area contributed by atoms with E-state index < -0.39 is 6.10 Å². The van der Waals surface area contributed by atoms with Crippen LogP contribution in [0.15, 0.2) is 18.2 Å². The first-order valence-electron chi connectivity index (χ1n) is 7.82. The highest BCUT2D eigenvalue weighted by atomic mass is 16.3.